The number of hydrogen-bond acceptors (Lipinski definition) is 4. The maximum atomic E-state index is 11.5. The average molecular weight is 244 g/mol. The van der Waals surface area contributed by atoms with Crippen LogP contribution in [0.3, 0.4) is 0 Å². The molecule has 1 aliphatic rings. The van der Waals surface area contributed by atoms with Gasteiger partial charge in [0, 0.05) is 37.1 Å². The van der Waals surface area contributed by atoms with E-state index in [1.54, 1.807) is 0 Å². The van der Waals surface area contributed by atoms with E-state index in [2.05, 4.69) is 17.2 Å². The lowest BCUT2D eigenvalue weighted by molar-refractivity contribution is -0.121. The summed E-state index contributed by atoms with van der Waals surface area (Å²) in [6, 6.07) is 0.336. The molecule has 1 aliphatic heterocycles. The van der Waals surface area contributed by atoms with Gasteiger partial charge < -0.3 is 15.4 Å². The van der Waals surface area contributed by atoms with Crippen LogP contribution in [0.15, 0.2) is 12.8 Å². The van der Waals surface area contributed by atoms with E-state index in [0.717, 1.165) is 24.5 Å². The maximum absolute atomic E-state index is 11.5. The summed E-state index contributed by atoms with van der Waals surface area (Å²) < 4.78 is 4.96. The second-order valence-corrected chi connectivity index (χ2v) is 4.82. The summed E-state index contributed by atoms with van der Waals surface area (Å²) in [7, 11) is 0. The highest BCUT2D eigenvalue weighted by Crippen LogP contribution is 2.09. The van der Waals surface area contributed by atoms with Crippen LogP contribution in [-0.4, -0.2) is 43.2 Å². The third kappa shape index (κ3) is 6.02. The number of nitrogens with one attached hydrogen (secondary N) is 2. The van der Waals surface area contributed by atoms with Gasteiger partial charge in [0.2, 0.25) is 5.91 Å². The molecule has 1 saturated heterocycles. The van der Waals surface area contributed by atoms with Crippen LogP contribution in [0, 0.1) is 0 Å². The van der Waals surface area contributed by atoms with Crippen LogP contribution in [-0.2, 0) is 9.53 Å². The molecular formula is C11H20N2O2S. The summed E-state index contributed by atoms with van der Waals surface area (Å²) >= 11 is 1.91. The molecule has 92 valence electrons. The molecule has 1 rings (SSSR count). The van der Waals surface area contributed by atoms with Crippen LogP contribution in [0.2, 0.25) is 0 Å². The summed E-state index contributed by atoms with van der Waals surface area (Å²) in [4.78, 5) is 11.5. The summed E-state index contributed by atoms with van der Waals surface area (Å²) in [6.45, 7) is 5.75. The molecule has 0 aromatic rings. The van der Waals surface area contributed by atoms with Crippen molar-refractivity contribution < 1.29 is 9.53 Å². The minimum atomic E-state index is 0.124. The summed E-state index contributed by atoms with van der Waals surface area (Å²) in [5.41, 5.74) is 0. The molecule has 0 aliphatic carbocycles. The van der Waals surface area contributed by atoms with Crippen LogP contribution in [0.5, 0.6) is 0 Å². The molecule has 0 spiro atoms. The van der Waals surface area contributed by atoms with Gasteiger partial charge in [0.25, 0.3) is 0 Å². The molecule has 4 nitrogen and oxygen atoms in total. The molecule has 2 N–H and O–H groups in total. The van der Waals surface area contributed by atoms with Crippen molar-refractivity contribution in [3.05, 3.63) is 12.8 Å². The monoisotopic (exact) mass is 244 g/mol. The summed E-state index contributed by atoms with van der Waals surface area (Å²) in [5.74, 6) is 2.31. The SMILES string of the molecule is C=COCCCNC(=O)CC1CSCCN1. The van der Waals surface area contributed by atoms with Crippen molar-refractivity contribution in [2.24, 2.45) is 0 Å². The third-order valence-electron chi connectivity index (χ3n) is 2.31. The normalized spacial score (nSPS) is 20.1. The third-order valence-corrected chi connectivity index (χ3v) is 3.44. The van der Waals surface area contributed by atoms with Crippen LogP contribution >= 0.6 is 11.8 Å². The average Bonchev–Trinajstić information content (AvgIpc) is 2.30. The number of carbonyl (C=O) groups is 1. The first-order chi connectivity index (χ1) is 7.83. The zero-order chi connectivity index (χ0) is 11.6. The molecular weight excluding hydrogens is 224 g/mol. The first-order valence-corrected chi connectivity index (χ1v) is 6.78. The molecule has 1 unspecified atom stereocenters. The lowest BCUT2D eigenvalue weighted by Crippen LogP contribution is -2.41. The quantitative estimate of drug-likeness (QED) is 0.512. The largest absolute Gasteiger partial charge is 0.502 e. The van der Waals surface area contributed by atoms with E-state index >= 15 is 0 Å². The van der Waals surface area contributed by atoms with E-state index in [4.69, 9.17) is 4.74 Å². The fraction of sp³-hybridized carbons (Fsp3) is 0.727. The number of thioether (sulfide) groups is 1. The number of carbonyl (C=O) groups excluding carboxylic acids is 1. The number of rotatable bonds is 7. The van der Waals surface area contributed by atoms with Gasteiger partial charge in [0.15, 0.2) is 0 Å². The van der Waals surface area contributed by atoms with Crippen molar-refractivity contribution in [1.29, 1.82) is 0 Å². The Morgan fingerprint density at radius 2 is 2.56 bits per heavy atom. The highest BCUT2D eigenvalue weighted by Gasteiger charge is 2.15. The Kier molecular flexibility index (Phi) is 7.09. The van der Waals surface area contributed by atoms with E-state index in [1.807, 2.05) is 11.8 Å². The molecule has 0 aromatic heterocycles. The molecule has 5 heteroatoms. The molecule has 0 radical (unpaired) electrons. The Labute approximate surface area is 101 Å². The Bertz CT molecular complexity index is 218. The zero-order valence-electron chi connectivity index (χ0n) is 9.54. The predicted octanol–water partition coefficient (Wildman–Crippen LogP) is 0.748. The highest BCUT2D eigenvalue weighted by atomic mass is 32.2. The van der Waals surface area contributed by atoms with Crippen LogP contribution in [0.4, 0.5) is 0 Å². The van der Waals surface area contributed by atoms with Gasteiger partial charge in [-0.25, -0.2) is 0 Å². The molecule has 0 aromatic carbocycles. The molecule has 1 atom stereocenters. The summed E-state index contributed by atoms with van der Waals surface area (Å²) in [6.07, 6.45) is 2.82. The zero-order valence-corrected chi connectivity index (χ0v) is 10.4. The fourth-order valence-corrected chi connectivity index (χ4v) is 2.46. The first kappa shape index (κ1) is 13.4. The smallest absolute Gasteiger partial charge is 0.221 e. The molecule has 1 amide bonds. The van der Waals surface area contributed by atoms with E-state index in [9.17, 15) is 4.79 Å². The van der Waals surface area contributed by atoms with Gasteiger partial charge in [-0.2, -0.15) is 11.8 Å². The minimum absolute atomic E-state index is 0.124. The molecule has 0 saturated carbocycles. The Morgan fingerprint density at radius 1 is 1.69 bits per heavy atom. The first-order valence-electron chi connectivity index (χ1n) is 5.63. The van der Waals surface area contributed by atoms with Gasteiger partial charge in [0.05, 0.1) is 12.9 Å². The van der Waals surface area contributed by atoms with Crippen molar-refractivity contribution >= 4 is 17.7 Å². The topological polar surface area (TPSA) is 50.4 Å². The van der Waals surface area contributed by atoms with E-state index < -0.39 is 0 Å². The number of amides is 1. The highest BCUT2D eigenvalue weighted by molar-refractivity contribution is 7.99. The summed E-state index contributed by atoms with van der Waals surface area (Å²) in [5, 5.41) is 6.23. The molecule has 1 heterocycles. The van der Waals surface area contributed by atoms with Crippen LogP contribution < -0.4 is 10.6 Å². The van der Waals surface area contributed by atoms with Gasteiger partial charge in [0.1, 0.15) is 0 Å². The van der Waals surface area contributed by atoms with E-state index in [1.165, 1.54) is 6.26 Å². The van der Waals surface area contributed by atoms with E-state index in [-0.39, 0.29) is 5.91 Å². The van der Waals surface area contributed by atoms with E-state index in [0.29, 0.717) is 25.6 Å². The Hall–Kier alpha value is -0.680. The Morgan fingerprint density at radius 3 is 3.25 bits per heavy atom. The second-order valence-electron chi connectivity index (χ2n) is 3.67. The van der Waals surface area contributed by atoms with Crippen molar-refractivity contribution in [1.82, 2.24) is 10.6 Å². The standard InChI is InChI=1S/C11H20N2O2S/c1-2-15-6-3-4-13-11(14)8-10-9-16-7-5-12-10/h2,10,12H,1,3-9H2,(H,13,14). The van der Waals surface area contributed by atoms with Crippen LogP contribution in [0.25, 0.3) is 0 Å². The van der Waals surface area contributed by atoms with Crippen molar-refractivity contribution in [3.63, 3.8) is 0 Å². The number of hydrogen-bond donors (Lipinski definition) is 2. The number of ether oxygens (including phenoxy) is 1. The maximum Gasteiger partial charge on any atom is 0.221 e. The minimum Gasteiger partial charge on any atom is -0.502 e. The van der Waals surface area contributed by atoms with Gasteiger partial charge >= 0.3 is 0 Å². The predicted molar refractivity (Wildman–Crippen MR) is 67.5 cm³/mol. The van der Waals surface area contributed by atoms with Gasteiger partial charge in [-0.3, -0.25) is 4.79 Å². The van der Waals surface area contributed by atoms with Gasteiger partial charge in [-0.15, -0.1) is 0 Å². The lowest BCUT2D eigenvalue weighted by Gasteiger charge is -2.22. The fourth-order valence-electron chi connectivity index (χ4n) is 1.51. The van der Waals surface area contributed by atoms with Crippen molar-refractivity contribution in [3.8, 4) is 0 Å². The molecule has 16 heavy (non-hydrogen) atoms. The molecule has 1 fully saturated rings. The van der Waals surface area contributed by atoms with Gasteiger partial charge in [-0.05, 0) is 6.42 Å². The van der Waals surface area contributed by atoms with Crippen LogP contribution in [0.1, 0.15) is 12.8 Å². The molecule has 0 bridgehead atoms. The van der Waals surface area contributed by atoms with Gasteiger partial charge in [-0.1, -0.05) is 6.58 Å². The Balaban J connectivity index is 1.99. The lowest BCUT2D eigenvalue weighted by atomic mass is 10.2. The van der Waals surface area contributed by atoms with Crippen molar-refractivity contribution in [2.75, 3.05) is 31.2 Å². The second kappa shape index (κ2) is 8.47. The van der Waals surface area contributed by atoms with Crippen molar-refractivity contribution in [2.45, 2.75) is 18.9 Å².